The smallest absolute Gasteiger partial charge is 0.150 e. The summed E-state index contributed by atoms with van der Waals surface area (Å²) in [5, 5.41) is 10.7. The van der Waals surface area contributed by atoms with Crippen molar-refractivity contribution in [2.24, 2.45) is 0 Å². The number of nitrogens with zero attached hydrogens (tertiary/aromatic N) is 1. The fourth-order valence-electron chi connectivity index (χ4n) is 1.62. The molecule has 17 heavy (non-hydrogen) atoms. The highest BCUT2D eigenvalue weighted by molar-refractivity contribution is 9.10. The molecule has 1 heterocycles. The number of hydrogen-bond acceptors (Lipinski definition) is 2. The summed E-state index contributed by atoms with van der Waals surface area (Å²) in [6.45, 7) is 3.21. The quantitative estimate of drug-likeness (QED) is 0.861. The van der Waals surface area contributed by atoms with E-state index in [1.54, 1.807) is 19.9 Å². The monoisotopic (exact) mass is 317 g/mol. The third kappa shape index (κ3) is 2.30. The van der Waals surface area contributed by atoms with E-state index in [-0.39, 0.29) is 5.52 Å². The van der Waals surface area contributed by atoms with Gasteiger partial charge >= 0.3 is 0 Å². The first kappa shape index (κ1) is 12.7. The highest BCUT2D eigenvalue weighted by atomic mass is 79.9. The molecule has 1 aromatic carbocycles. The molecule has 2 aromatic rings. The molecule has 0 unspecified atom stereocenters. The van der Waals surface area contributed by atoms with E-state index in [1.807, 2.05) is 0 Å². The van der Waals surface area contributed by atoms with Crippen molar-refractivity contribution >= 4 is 38.4 Å². The van der Waals surface area contributed by atoms with Gasteiger partial charge < -0.3 is 5.11 Å². The zero-order valence-electron chi connectivity index (χ0n) is 9.26. The molecule has 2 nitrogen and oxygen atoms in total. The lowest BCUT2D eigenvalue weighted by atomic mass is 9.98. The first-order valence-electron chi connectivity index (χ1n) is 4.97. The molecule has 1 aromatic heterocycles. The number of fused-ring (bicyclic) bond motifs is 1. The van der Waals surface area contributed by atoms with E-state index in [9.17, 15) is 9.50 Å². The Morgan fingerprint density at radius 1 is 1.41 bits per heavy atom. The molecule has 0 amide bonds. The van der Waals surface area contributed by atoms with Crippen LogP contribution in [0.1, 0.15) is 19.4 Å². The molecule has 0 radical (unpaired) electrons. The molecule has 0 aliphatic heterocycles. The van der Waals surface area contributed by atoms with Crippen LogP contribution in [0, 0.1) is 5.82 Å². The summed E-state index contributed by atoms with van der Waals surface area (Å²) in [6.07, 6.45) is 1.40. The van der Waals surface area contributed by atoms with E-state index in [2.05, 4.69) is 20.9 Å². The first-order chi connectivity index (χ1) is 7.80. The molecule has 0 aliphatic carbocycles. The lowest BCUT2D eigenvalue weighted by Gasteiger charge is -2.19. The number of aliphatic hydroxyl groups is 1. The summed E-state index contributed by atoms with van der Waals surface area (Å²) in [5.74, 6) is -0.446. The van der Waals surface area contributed by atoms with Crippen molar-refractivity contribution in [2.75, 3.05) is 0 Å². The number of benzene rings is 1. The van der Waals surface area contributed by atoms with Crippen molar-refractivity contribution in [3.8, 4) is 0 Å². The summed E-state index contributed by atoms with van der Waals surface area (Å²) in [4.78, 5) is 4.01. The summed E-state index contributed by atoms with van der Waals surface area (Å²) in [6, 6.07) is 3.01. The zero-order chi connectivity index (χ0) is 12.8. The topological polar surface area (TPSA) is 33.1 Å². The molecule has 1 N–H and O–H groups in total. The van der Waals surface area contributed by atoms with E-state index in [0.717, 1.165) is 0 Å². The average molecular weight is 319 g/mol. The van der Waals surface area contributed by atoms with Crippen LogP contribution in [0.2, 0.25) is 5.02 Å². The number of rotatable bonds is 1. The minimum Gasteiger partial charge on any atom is -0.386 e. The molecule has 0 saturated heterocycles. The van der Waals surface area contributed by atoms with Gasteiger partial charge in [0.05, 0.1) is 10.6 Å². The lowest BCUT2D eigenvalue weighted by Crippen LogP contribution is -2.16. The van der Waals surface area contributed by atoms with Gasteiger partial charge in [0.2, 0.25) is 0 Å². The molecular weight excluding hydrogens is 308 g/mol. The van der Waals surface area contributed by atoms with Crippen molar-refractivity contribution in [2.45, 2.75) is 19.4 Å². The predicted molar refractivity (Wildman–Crippen MR) is 69.7 cm³/mol. The molecule has 0 saturated carbocycles. The van der Waals surface area contributed by atoms with Gasteiger partial charge in [0.25, 0.3) is 0 Å². The normalized spacial score (nSPS) is 12.1. The van der Waals surface area contributed by atoms with Gasteiger partial charge in [0, 0.05) is 21.6 Å². The second-order valence-electron chi connectivity index (χ2n) is 4.33. The minimum absolute atomic E-state index is 0.200. The minimum atomic E-state index is -1.11. The molecule has 5 heteroatoms. The van der Waals surface area contributed by atoms with Crippen LogP contribution in [0.5, 0.6) is 0 Å². The van der Waals surface area contributed by atoms with Crippen LogP contribution in [0.15, 0.2) is 22.8 Å². The van der Waals surface area contributed by atoms with Crippen molar-refractivity contribution in [3.05, 3.63) is 39.2 Å². The fraction of sp³-hybridized carbons (Fsp3) is 0.250. The number of hydrogen-bond donors (Lipinski definition) is 1. The van der Waals surface area contributed by atoms with Gasteiger partial charge in [-0.15, -0.1) is 0 Å². The maximum atomic E-state index is 13.6. The standard InChI is InChI=1S/C12H10BrClFNO/c1-12(2,17)8-5-16-11-7(10(8)14)3-6(13)4-9(11)15/h3-5,17H,1-2H3. The SMILES string of the molecule is CC(C)(O)c1cnc2c(F)cc(Br)cc2c1Cl. The number of pyridine rings is 1. The largest absolute Gasteiger partial charge is 0.386 e. The van der Waals surface area contributed by atoms with Gasteiger partial charge in [-0.2, -0.15) is 0 Å². The van der Waals surface area contributed by atoms with Crippen LogP contribution in [-0.2, 0) is 5.60 Å². The number of halogens is 3. The molecule has 0 bridgehead atoms. The Kier molecular flexibility index (Phi) is 3.14. The Morgan fingerprint density at radius 3 is 2.65 bits per heavy atom. The summed E-state index contributed by atoms with van der Waals surface area (Å²) in [7, 11) is 0. The van der Waals surface area contributed by atoms with Crippen molar-refractivity contribution in [1.29, 1.82) is 0 Å². The Labute approximate surface area is 112 Å². The highest BCUT2D eigenvalue weighted by Crippen LogP contribution is 2.34. The summed E-state index contributed by atoms with van der Waals surface area (Å²) < 4.78 is 14.2. The van der Waals surface area contributed by atoms with Crippen LogP contribution in [0.25, 0.3) is 10.9 Å². The molecule has 0 atom stereocenters. The molecule has 0 aliphatic rings. The Morgan fingerprint density at radius 2 is 2.06 bits per heavy atom. The van der Waals surface area contributed by atoms with Crippen LogP contribution >= 0.6 is 27.5 Å². The summed E-state index contributed by atoms with van der Waals surface area (Å²) in [5.41, 5.74) is -0.438. The van der Waals surface area contributed by atoms with E-state index < -0.39 is 11.4 Å². The third-order valence-corrected chi connectivity index (χ3v) is 3.35. The van der Waals surface area contributed by atoms with Gasteiger partial charge in [-0.25, -0.2) is 4.39 Å². The second kappa shape index (κ2) is 4.19. The predicted octanol–water partition coefficient (Wildman–Crippen LogP) is 4.02. The zero-order valence-corrected chi connectivity index (χ0v) is 11.6. The third-order valence-electron chi connectivity index (χ3n) is 2.48. The molecule has 0 fully saturated rings. The van der Waals surface area contributed by atoms with E-state index in [1.165, 1.54) is 12.3 Å². The van der Waals surface area contributed by atoms with Crippen molar-refractivity contribution in [3.63, 3.8) is 0 Å². The van der Waals surface area contributed by atoms with Gasteiger partial charge in [-0.1, -0.05) is 27.5 Å². The van der Waals surface area contributed by atoms with E-state index in [0.29, 0.717) is 20.4 Å². The van der Waals surface area contributed by atoms with Crippen LogP contribution in [0.3, 0.4) is 0 Å². The average Bonchev–Trinajstić information content (AvgIpc) is 2.17. The van der Waals surface area contributed by atoms with Crippen molar-refractivity contribution < 1.29 is 9.50 Å². The molecular formula is C12H10BrClFNO. The fourth-order valence-corrected chi connectivity index (χ4v) is 2.48. The van der Waals surface area contributed by atoms with E-state index in [4.69, 9.17) is 11.6 Å². The van der Waals surface area contributed by atoms with Crippen LogP contribution in [0.4, 0.5) is 4.39 Å². The summed E-state index contributed by atoms with van der Waals surface area (Å²) >= 11 is 9.39. The van der Waals surface area contributed by atoms with Gasteiger partial charge in [0.15, 0.2) is 5.82 Å². The lowest BCUT2D eigenvalue weighted by molar-refractivity contribution is 0.0785. The van der Waals surface area contributed by atoms with Gasteiger partial charge in [0.1, 0.15) is 5.52 Å². The van der Waals surface area contributed by atoms with E-state index >= 15 is 0 Å². The van der Waals surface area contributed by atoms with Crippen LogP contribution < -0.4 is 0 Å². The maximum Gasteiger partial charge on any atom is 0.150 e. The first-order valence-corrected chi connectivity index (χ1v) is 6.14. The Balaban J connectivity index is 2.84. The number of aromatic nitrogens is 1. The molecule has 90 valence electrons. The van der Waals surface area contributed by atoms with Gasteiger partial charge in [-0.3, -0.25) is 4.98 Å². The van der Waals surface area contributed by atoms with Crippen molar-refractivity contribution in [1.82, 2.24) is 4.98 Å². The van der Waals surface area contributed by atoms with Crippen LogP contribution in [-0.4, -0.2) is 10.1 Å². The Hall–Kier alpha value is -0.710. The van der Waals surface area contributed by atoms with Gasteiger partial charge in [-0.05, 0) is 26.0 Å². The highest BCUT2D eigenvalue weighted by Gasteiger charge is 2.22. The second-order valence-corrected chi connectivity index (χ2v) is 5.62. The maximum absolute atomic E-state index is 13.6. The molecule has 0 spiro atoms. The Bertz CT molecular complexity index is 595. The molecule has 2 rings (SSSR count).